The Labute approximate surface area is 718 Å². The molecule has 32 heteroatoms. The van der Waals surface area contributed by atoms with E-state index in [0.717, 1.165) is 222 Å². The fraction of sp³-hybridized carbons (Fsp3) is 0.953. The van der Waals surface area contributed by atoms with Crippen molar-refractivity contribution >= 4 is 0 Å². The van der Waals surface area contributed by atoms with Gasteiger partial charge in [-0.2, -0.15) is 21.0 Å². The van der Waals surface area contributed by atoms with Crippen LogP contribution in [0.1, 0.15) is 177 Å². The Bertz CT molecular complexity index is 2200. The standard InChI is InChI=1S/2C8H14N2O.2C7H14FNO.C7H12N2O.2C7H15NO.C6H12FNO.C6H10N2O.C5H10FNO.2C5H11NO.8CH4/c9-3-1-2-8-6-10(7-8)4-5-11;9-4-2-1-3-5-10-6-8(11)7-10;8-2-1-7-5-9(6-7)3-4-10;8-3-1-2-4-9-5-7(10)6-9;8-2-1-7-5-9(6-7)3-4-10;2*1-2-3-4-8-5-7(9)6-8;7-3-6-4-8(5-6)1-2-9;7-2-1-3-8-4-6(9)5-8;6-1-2-7-3-5(8)4-7;2*1-2-6-3-5(7)4-6;;;;;;;;/h8,11H,1-2,4-7H2;8,11H,1-3,5-7H2;2*7,10H,1-6H2;7,10H,1,3-6H2;2*7,9H,2-6H2,1H3;6,9H,1-5H2;6,9H,1,3-5H2;5,8H,1-4H2;2*5,7H,2-4H2,1H3;8*1H4. The van der Waals surface area contributed by atoms with E-state index in [1.807, 2.05) is 9.80 Å². The van der Waals surface area contributed by atoms with Crippen LogP contribution in [0.3, 0.4) is 0 Å². The van der Waals surface area contributed by atoms with Gasteiger partial charge in [0, 0.05) is 228 Å². The van der Waals surface area contributed by atoms with Gasteiger partial charge in [-0.05, 0) is 108 Å². The first kappa shape index (κ1) is 130. The van der Waals surface area contributed by atoms with Gasteiger partial charge in [0.15, 0.2) is 0 Å². The van der Waals surface area contributed by atoms with Crippen LogP contribution in [-0.4, -0.2) is 458 Å². The van der Waals surface area contributed by atoms with E-state index in [0.29, 0.717) is 82.5 Å². The molecule has 0 bridgehead atoms. The summed E-state index contributed by atoms with van der Waals surface area (Å²) < 4.78 is 46.5. The number of halogens is 4. The van der Waals surface area contributed by atoms with E-state index in [-0.39, 0.29) is 167 Å². The van der Waals surface area contributed by atoms with Crippen LogP contribution < -0.4 is 0 Å². The predicted octanol–water partition coefficient (Wildman–Crippen LogP) is 5.55. The molecule has 0 saturated carbocycles. The summed E-state index contributed by atoms with van der Waals surface area (Å²) in [6, 6.07) is 8.47. The molecule has 12 heterocycles. The van der Waals surface area contributed by atoms with E-state index < -0.39 is 0 Å². The van der Waals surface area contributed by atoms with E-state index in [1.165, 1.54) is 38.8 Å². The minimum atomic E-state index is -0.299. The molecule has 12 fully saturated rings. The van der Waals surface area contributed by atoms with Crippen LogP contribution in [0.15, 0.2) is 0 Å². The third-order valence-corrected chi connectivity index (χ3v) is 20.4. The molecule has 0 radical (unpaired) electrons. The summed E-state index contributed by atoms with van der Waals surface area (Å²) in [6.07, 6.45) is 12.4. The van der Waals surface area contributed by atoms with E-state index in [9.17, 15) is 17.6 Å². The van der Waals surface area contributed by atoms with Crippen molar-refractivity contribution in [2.45, 2.75) is 226 Å². The van der Waals surface area contributed by atoms with Gasteiger partial charge < -0.3 is 80.9 Å². The highest BCUT2D eigenvalue weighted by atomic mass is 19.1. The maximum absolute atomic E-state index is 11.8. The summed E-state index contributed by atoms with van der Waals surface area (Å²) in [5, 5.41) is 137. The number of nitrogens with zero attached hydrogens (tertiary/aromatic N) is 16. The second kappa shape index (κ2) is 84.6. The summed E-state index contributed by atoms with van der Waals surface area (Å²) in [4.78, 5) is 25.8. The molecule has 0 aromatic carbocycles. The van der Waals surface area contributed by atoms with Crippen molar-refractivity contribution in [2.24, 2.45) is 23.7 Å². The van der Waals surface area contributed by atoms with Crippen LogP contribution in [0.4, 0.5) is 17.6 Å². The number of hydrogen-bond acceptors (Lipinski definition) is 28. The highest BCUT2D eigenvalue weighted by Gasteiger charge is 2.31. The number of aliphatic hydroxyl groups is 12. The smallest absolute Gasteiger partial charge is 0.102 e. The highest BCUT2D eigenvalue weighted by Crippen LogP contribution is 2.21. The summed E-state index contributed by atoms with van der Waals surface area (Å²) >= 11 is 0. The number of nitriles is 4. The largest absolute Gasteiger partial charge is 0.395 e. The molecule has 12 aliphatic heterocycles. The Balaban J connectivity index is -0.000000186. The van der Waals surface area contributed by atoms with Crippen LogP contribution in [0.2, 0.25) is 0 Å². The number of hydrogen-bond donors (Lipinski definition) is 12. The lowest BCUT2D eigenvalue weighted by molar-refractivity contribution is -0.000472. The number of unbranched alkanes of at least 4 members (excludes halogenated alkanes) is 5. The first-order chi connectivity index (χ1) is 53.1. The van der Waals surface area contributed by atoms with Gasteiger partial charge in [-0.1, -0.05) is 99.9 Å². The van der Waals surface area contributed by atoms with Gasteiger partial charge in [-0.25, -0.2) is 4.39 Å². The predicted molar refractivity (Wildman–Crippen MR) is 475 cm³/mol. The molecule has 0 aliphatic carbocycles. The summed E-state index contributed by atoms with van der Waals surface area (Å²) in [5.74, 6) is 2.07. The Morgan fingerprint density at radius 2 is 0.517 bits per heavy atom. The quantitative estimate of drug-likeness (QED) is 0.0278. The lowest BCUT2D eigenvalue weighted by Crippen LogP contribution is -2.51. The molecule has 0 amide bonds. The number of alkyl halides is 4. The molecule has 12 aliphatic rings. The third kappa shape index (κ3) is 65.4. The van der Waals surface area contributed by atoms with Crippen molar-refractivity contribution in [3.63, 3.8) is 0 Å². The lowest BCUT2D eigenvalue weighted by Gasteiger charge is -2.38. The summed E-state index contributed by atoms with van der Waals surface area (Å²) in [6.45, 7) is 40.3. The van der Waals surface area contributed by atoms with Crippen LogP contribution in [-0.2, 0) is 0 Å². The second-order valence-electron chi connectivity index (χ2n) is 30.9. The minimum absolute atomic E-state index is 0. The molecule has 12 saturated heterocycles. The maximum atomic E-state index is 11.8. The second-order valence-corrected chi connectivity index (χ2v) is 30.9. The molecule has 28 nitrogen and oxygen atoms in total. The van der Waals surface area contributed by atoms with Gasteiger partial charge in [0.1, 0.15) is 6.67 Å². The third-order valence-electron chi connectivity index (χ3n) is 20.4. The van der Waals surface area contributed by atoms with Crippen molar-refractivity contribution in [1.29, 1.82) is 21.0 Å². The summed E-state index contributed by atoms with van der Waals surface area (Å²) in [5.41, 5.74) is 0. The van der Waals surface area contributed by atoms with Crippen LogP contribution >= 0.6 is 0 Å². The number of β-amino-alcohol motifs (C(OH)–C–C–N with tert-alkyl or cyclic N) is 12. The number of aliphatic hydroxyl groups excluding tert-OH is 12. The van der Waals surface area contributed by atoms with Crippen molar-refractivity contribution < 1.29 is 78.8 Å². The molecular formula is C86H184F4N16O12. The molecule has 12 N–H and O–H groups in total. The first-order valence-electron chi connectivity index (χ1n) is 41.4. The minimum Gasteiger partial charge on any atom is -0.395 e. The number of likely N-dealkylation sites (tertiary alicyclic amines) is 12. The maximum Gasteiger partial charge on any atom is 0.102 e. The van der Waals surface area contributed by atoms with Crippen molar-refractivity contribution in [2.75, 3.05) is 289 Å². The van der Waals surface area contributed by atoms with E-state index in [4.69, 9.17) is 82.3 Å². The fourth-order valence-corrected chi connectivity index (χ4v) is 13.2. The fourth-order valence-electron chi connectivity index (χ4n) is 13.2. The first-order valence-corrected chi connectivity index (χ1v) is 41.4. The van der Waals surface area contributed by atoms with Crippen molar-refractivity contribution in [1.82, 2.24) is 58.8 Å². The Morgan fingerprint density at radius 3 is 0.763 bits per heavy atom. The normalized spacial score (nSPS) is 20.0. The van der Waals surface area contributed by atoms with Crippen molar-refractivity contribution in [3.05, 3.63) is 0 Å². The van der Waals surface area contributed by atoms with E-state index in [1.54, 1.807) is 0 Å². The molecule has 12 rings (SSSR count). The van der Waals surface area contributed by atoms with Gasteiger partial charge >= 0.3 is 0 Å². The molecule has 0 unspecified atom stereocenters. The van der Waals surface area contributed by atoms with Gasteiger partial charge in [0.05, 0.1) is 120 Å². The number of likely N-dealkylation sites (N-methyl/N-ethyl adjacent to an activating group) is 2. The van der Waals surface area contributed by atoms with Crippen LogP contribution in [0.25, 0.3) is 0 Å². The molecule has 0 aromatic rings. The van der Waals surface area contributed by atoms with Gasteiger partial charge in [0.2, 0.25) is 0 Å². The molecular weight excluding hydrogens is 1530 g/mol. The zero-order chi connectivity index (χ0) is 81.7. The molecule has 0 aromatic heterocycles. The molecule has 118 heavy (non-hydrogen) atoms. The summed E-state index contributed by atoms with van der Waals surface area (Å²) in [7, 11) is 0. The molecule has 708 valence electrons. The van der Waals surface area contributed by atoms with Crippen LogP contribution in [0, 0.1) is 69.0 Å². The van der Waals surface area contributed by atoms with Gasteiger partial charge in [0.25, 0.3) is 0 Å². The topological polar surface area (TPSA) is 377 Å². The molecule has 0 atom stereocenters. The van der Waals surface area contributed by atoms with Gasteiger partial charge in [-0.15, -0.1) is 0 Å². The SMILES string of the molecule is C.C.C.C.C.C.C.C.CCCCN1CC(O)C1.CCCCN1CC(O)C1.CCN1CC(O)C1.CCN1CC(O)C1.N#CCC1CN(CCO)C1.N#CCCC1CN(CCO)C1.N#CCCCCN1CC(O)C1.N#CCCN1CC(O)C1.OC1CN(CCCCF)C1.OC1CN(CCF)C1.OCCN1CC(CCF)C1.OCCN1CC(CF)C1. The average Bonchev–Trinajstić information content (AvgIpc) is 0.861. The Morgan fingerprint density at radius 1 is 0.254 bits per heavy atom. The zero-order valence-corrected chi connectivity index (χ0v) is 68.0. The molecule has 0 spiro atoms. The average molecular weight is 1710 g/mol. The Hall–Kier alpha value is -3.28. The van der Waals surface area contributed by atoms with E-state index >= 15 is 0 Å². The zero-order valence-electron chi connectivity index (χ0n) is 68.0. The highest BCUT2D eigenvalue weighted by molar-refractivity contribution is 4.89. The monoisotopic (exact) mass is 1710 g/mol. The Kier molecular flexibility index (Phi) is 93.3. The van der Waals surface area contributed by atoms with Gasteiger partial charge in [-0.3, -0.25) is 52.4 Å². The number of rotatable bonds is 34. The van der Waals surface area contributed by atoms with Crippen molar-refractivity contribution in [3.8, 4) is 24.3 Å². The van der Waals surface area contributed by atoms with Crippen LogP contribution in [0.5, 0.6) is 0 Å². The van der Waals surface area contributed by atoms with E-state index in [2.05, 4.69) is 101 Å². The lowest BCUT2D eigenvalue weighted by atomic mass is 9.95.